The van der Waals surface area contributed by atoms with Gasteiger partial charge in [0.2, 0.25) is 0 Å². The molecule has 23 heavy (non-hydrogen) atoms. The third-order valence-electron chi connectivity index (χ3n) is 3.55. The van der Waals surface area contributed by atoms with Crippen LogP contribution in [-0.4, -0.2) is 33.6 Å². The van der Waals surface area contributed by atoms with Gasteiger partial charge >= 0.3 is 0 Å². The van der Waals surface area contributed by atoms with Crippen molar-refractivity contribution in [3.63, 3.8) is 0 Å². The minimum atomic E-state index is -0.508. The number of amides is 2. The third kappa shape index (κ3) is 2.75. The van der Waals surface area contributed by atoms with Crippen LogP contribution < -0.4 is 11.1 Å². The fourth-order valence-corrected chi connectivity index (χ4v) is 2.81. The van der Waals surface area contributed by atoms with Gasteiger partial charge in [-0.05, 0) is 30.6 Å². The third-order valence-corrected chi connectivity index (χ3v) is 4.19. The fraction of sp³-hybridized carbons (Fsp3) is 0.188. The van der Waals surface area contributed by atoms with Crippen LogP contribution in [-0.2, 0) is 4.79 Å². The van der Waals surface area contributed by atoms with Crippen LogP contribution >= 0.6 is 11.8 Å². The molecular weight excluding hydrogens is 312 g/mol. The highest BCUT2D eigenvalue weighted by Gasteiger charge is 2.33. The number of rotatable bonds is 4. The number of benzene rings is 1. The molecule has 0 saturated carbocycles. The second-order valence-corrected chi connectivity index (χ2v) is 6.02. The van der Waals surface area contributed by atoms with Crippen LogP contribution in [0.2, 0.25) is 0 Å². The van der Waals surface area contributed by atoms with Gasteiger partial charge in [-0.25, -0.2) is 4.68 Å². The number of imide groups is 1. The van der Waals surface area contributed by atoms with Gasteiger partial charge in [-0.1, -0.05) is 24.3 Å². The number of thioether (sulfide) groups is 1. The topological polar surface area (TPSA) is 90.0 Å². The summed E-state index contributed by atoms with van der Waals surface area (Å²) in [5, 5.41) is 6.75. The van der Waals surface area contributed by atoms with Gasteiger partial charge in [0, 0.05) is 0 Å². The van der Waals surface area contributed by atoms with Gasteiger partial charge < -0.3 is 5.73 Å². The molecule has 118 valence electrons. The Hall–Kier alpha value is -2.54. The van der Waals surface area contributed by atoms with Crippen LogP contribution in [0.5, 0.6) is 0 Å². The second kappa shape index (κ2) is 6.29. The molecular formula is C16H16N4O2S. The molecule has 3 rings (SSSR count). The number of anilines is 1. The minimum absolute atomic E-state index is 0.229. The zero-order valence-corrected chi connectivity index (χ0v) is 13.4. The Balaban J connectivity index is 2.12. The molecule has 0 spiro atoms. The van der Waals surface area contributed by atoms with E-state index in [0.717, 1.165) is 17.9 Å². The highest BCUT2D eigenvalue weighted by atomic mass is 32.2. The predicted octanol–water partition coefficient (Wildman–Crippen LogP) is 1.86. The van der Waals surface area contributed by atoms with E-state index in [1.807, 2.05) is 36.6 Å². The molecule has 2 aromatic rings. The van der Waals surface area contributed by atoms with Gasteiger partial charge in [-0.15, -0.1) is 0 Å². The maximum absolute atomic E-state index is 12.1. The number of nitrogens with two attached hydrogens (primary N) is 1. The summed E-state index contributed by atoms with van der Waals surface area (Å²) in [5.41, 5.74) is 7.85. The first-order valence-corrected chi connectivity index (χ1v) is 8.52. The maximum atomic E-state index is 12.1. The number of allylic oxidation sites excluding steroid dienone is 1. The van der Waals surface area contributed by atoms with E-state index >= 15 is 0 Å². The highest BCUT2D eigenvalue weighted by molar-refractivity contribution is 7.98. The minimum Gasteiger partial charge on any atom is -0.383 e. The van der Waals surface area contributed by atoms with E-state index in [0.29, 0.717) is 11.3 Å². The molecule has 0 bridgehead atoms. The number of hydrogen-bond donors (Lipinski definition) is 2. The van der Waals surface area contributed by atoms with Crippen LogP contribution in [0, 0.1) is 0 Å². The molecule has 7 heteroatoms. The zero-order valence-electron chi connectivity index (χ0n) is 12.6. The van der Waals surface area contributed by atoms with Gasteiger partial charge in [-0.3, -0.25) is 14.9 Å². The highest BCUT2D eigenvalue weighted by Crippen LogP contribution is 2.29. The number of nitrogens with one attached hydrogen (secondary N) is 1. The Morgan fingerprint density at radius 3 is 2.70 bits per heavy atom. The van der Waals surface area contributed by atoms with Crippen molar-refractivity contribution in [2.75, 3.05) is 17.7 Å². The Morgan fingerprint density at radius 1 is 1.26 bits per heavy atom. The molecule has 0 fully saturated rings. The number of para-hydroxylation sites is 1. The smallest absolute Gasteiger partial charge is 0.264 e. The average molecular weight is 328 g/mol. The summed E-state index contributed by atoms with van der Waals surface area (Å²) in [5.74, 6) is 0.176. The maximum Gasteiger partial charge on any atom is 0.264 e. The van der Waals surface area contributed by atoms with E-state index < -0.39 is 11.8 Å². The normalized spacial score (nSPS) is 15.6. The molecule has 0 saturated heterocycles. The first-order valence-electron chi connectivity index (χ1n) is 7.12. The van der Waals surface area contributed by atoms with E-state index in [4.69, 9.17) is 5.73 Å². The lowest BCUT2D eigenvalue weighted by atomic mass is 10.0. The van der Waals surface area contributed by atoms with Gasteiger partial charge in [0.15, 0.2) is 0 Å². The molecule has 6 nitrogen and oxygen atoms in total. The van der Waals surface area contributed by atoms with Gasteiger partial charge in [0.25, 0.3) is 11.8 Å². The molecule has 0 unspecified atom stereocenters. The number of fused-ring (bicyclic) bond motifs is 1. The Labute approximate surface area is 137 Å². The van der Waals surface area contributed by atoms with E-state index in [-0.39, 0.29) is 11.4 Å². The molecule has 2 amide bonds. The summed E-state index contributed by atoms with van der Waals surface area (Å²) in [6, 6.07) is 9.27. The number of nitrogens with zero attached hydrogens (tertiary/aromatic N) is 2. The first kappa shape index (κ1) is 15.4. The van der Waals surface area contributed by atoms with Crippen LogP contribution in [0.4, 0.5) is 5.82 Å². The van der Waals surface area contributed by atoms with Crippen molar-refractivity contribution in [2.45, 2.75) is 6.42 Å². The monoisotopic (exact) mass is 328 g/mol. The van der Waals surface area contributed by atoms with Crippen molar-refractivity contribution < 1.29 is 9.59 Å². The van der Waals surface area contributed by atoms with Crippen molar-refractivity contribution >= 4 is 35.0 Å². The predicted molar refractivity (Wildman–Crippen MR) is 91.4 cm³/mol. The average Bonchev–Trinajstić information content (AvgIpc) is 2.89. The van der Waals surface area contributed by atoms with Crippen molar-refractivity contribution in [3.8, 4) is 5.69 Å². The molecule has 1 aliphatic heterocycles. The lowest BCUT2D eigenvalue weighted by Crippen LogP contribution is -2.36. The summed E-state index contributed by atoms with van der Waals surface area (Å²) in [4.78, 5) is 24.3. The van der Waals surface area contributed by atoms with Crippen LogP contribution in [0.25, 0.3) is 11.3 Å². The lowest BCUT2D eigenvalue weighted by molar-refractivity contribution is -0.114. The summed E-state index contributed by atoms with van der Waals surface area (Å²) < 4.78 is 1.49. The molecule has 0 radical (unpaired) electrons. The summed E-state index contributed by atoms with van der Waals surface area (Å²) in [7, 11) is 0. The fourth-order valence-electron chi connectivity index (χ4n) is 2.46. The number of aromatic nitrogens is 2. The Bertz CT molecular complexity index is 796. The van der Waals surface area contributed by atoms with Crippen molar-refractivity contribution in [3.05, 3.63) is 47.7 Å². The number of hydrogen-bond acceptors (Lipinski definition) is 5. The van der Waals surface area contributed by atoms with E-state index in [2.05, 4.69) is 10.4 Å². The number of carbonyl (C=O) groups is 2. The molecule has 3 N–H and O–H groups in total. The van der Waals surface area contributed by atoms with Crippen LogP contribution in [0.1, 0.15) is 22.5 Å². The van der Waals surface area contributed by atoms with Crippen molar-refractivity contribution in [1.29, 1.82) is 0 Å². The van der Waals surface area contributed by atoms with E-state index in [1.165, 1.54) is 4.68 Å². The quantitative estimate of drug-likeness (QED) is 0.508. The van der Waals surface area contributed by atoms with Gasteiger partial charge in [0.1, 0.15) is 17.1 Å². The second-order valence-electron chi connectivity index (χ2n) is 5.04. The van der Waals surface area contributed by atoms with Crippen LogP contribution in [0.15, 0.2) is 36.4 Å². The summed E-state index contributed by atoms with van der Waals surface area (Å²) in [6.07, 6.45) is 4.52. The Kier molecular flexibility index (Phi) is 4.20. The van der Waals surface area contributed by atoms with Gasteiger partial charge in [0.05, 0.1) is 11.3 Å². The lowest BCUT2D eigenvalue weighted by Gasteiger charge is -2.13. The largest absolute Gasteiger partial charge is 0.383 e. The van der Waals surface area contributed by atoms with E-state index in [1.54, 1.807) is 17.8 Å². The zero-order chi connectivity index (χ0) is 16.4. The molecule has 1 aliphatic rings. The van der Waals surface area contributed by atoms with Crippen LogP contribution in [0.3, 0.4) is 0 Å². The molecule has 1 aromatic heterocycles. The SMILES string of the molecule is CSCC/C=C1/C(=O)NC(=O)c2c1nn(-c1ccccc1)c2N. The van der Waals surface area contributed by atoms with Crippen molar-refractivity contribution in [2.24, 2.45) is 0 Å². The molecule has 0 aliphatic carbocycles. The van der Waals surface area contributed by atoms with Crippen molar-refractivity contribution in [1.82, 2.24) is 15.1 Å². The summed E-state index contributed by atoms with van der Waals surface area (Å²) in [6.45, 7) is 0. The molecule has 1 aromatic carbocycles. The molecule has 0 atom stereocenters. The summed E-state index contributed by atoms with van der Waals surface area (Å²) >= 11 is 1.68. The molecule has 2 heterocycles. The number of carbonyl (C=O) groups excluding carboxylic acids is 2. The van der Waals surface area contributed by atoms with E-state index in [9.17, 15) is 9.59 Å². The standard InChI is InChI=1S/C16H16N4O2S/c1-23-9-5-8-11-13-12(16(22)18-15(11)21)14(17)20(19-13)10-6-3-2-4-7-10/h2-4,6-8H,5,9,17H2,1H3,(H,18,21,22)/b11-8+. The Morgan fingerprint density at radius 2 is 2.00 bits per heavy atom. The first-order chi connectivity index (χ1) is 11.1. The van der Waals surface area contributed by atoms with Gasteiger partial charge in [-0.2, -0.15) is 16.9 Å². The number of nitrogen functional groups attached to an aromatic ring is 1.